The summed E-state index contributed by atoms with van der Waals surface area (Å²) >= 11 is 0. The molecule has 2 heteroatoms. The van der Waals surface area contributed by atoms with Gasteiger partial charge in [0, 0.05) is 12.1 Å². The van der Waals surface area contributed by atoms with Crippen LogP contribution in [0.2, 0.25) is 0 Å². The van der Waals surface area contributed by atoms with Crippen LogP contribution in [0.4, 0.5) is 0 Å². The van der Waals surface area contributed by atoms with Crippen molar-refractivity contribution in [2.75, 3.05) is 13.1 Å². The van der Waals surface area contributed by atoms with Crippen molar-refractivity contribution >= 4 is 0 Å². The van der Waals surface area contributed by atoms with E-state index in [0.717, 1.165) is 12.5 Å². The number of hydrogen-bond acceptors (Lipinski definition) is 2. The van der Waals surface area contributed by atoms with E-state index in [1.54, 1.807) is 0 Å². The van der Waals surface area contributed by atoms with Crippen LogP contribution in [0.3, 0.4) is 0 Å². The minimum atomic E-state index is 0.208. The lowest BCUT2D eigenvalue weighted by atomic mass is 9.63. The Labute approximate surface area is 100 Å². The zero-order valence-corrected chi connectivity index (χ0v) is 11.0. The summed E-state index contributed by atoms with van der Waals surface area (Å²) < 4.78 is 0. The molecule has 0 saturated heterocycles. The Bertz CT molecular complexity index is 233. The van der Waals surface area contributed by atoms with Crippen LogP contribution in [-0.4, -0.2) is 18.6 Å². The summed E-state index contributed by atoms with van der Waals surface area (Å²) in [6.45, 7) is 6.75. The molecule has 2 aliphatic carbocycles. The molecule has 0 aromatic rings. The summed E-state index contributed by atoms with van der Waals surface area (Å²) in [6, 6.07) is 0. The third-order valence-corrected chi connectivity index (χ3v) is 5.01. The zero-order valence-electron chi connectivity index (χ0n) is 11.0. The second kappa shape index (κ2) is 4.66. The Morgan fingerprint density at radius 1 is 1.19 bits per heavy atom. The van der Waals surface area contributed by atoms with Crippen LogP contribution >= 0.6 is 0 Å². The maximum absolute atomic E-state index is 6.08. The zero-order chi connectivity index (χ0) is 11.6. The Morgan fingerprint density at radius 3 is 2.44 bits per heavy atom. The first kappa shape index (κ1) is 12.4. The summed E-state index contributed by atoms with van der Waals surface area (Å²) in [4.78, 5) is 0. The molecule has 0 radical (unpaired) electrons. The molecule has 2 saturated carbocycles. The van der Waals surface area contributed by atoms with Crippen molar-refractivity contribution in [2.45, 2.75) is 64.3 Å². The summed E-state index contributed by atoms with van der Waals surface area (Å²) in [5, 5.41) is 3.82. The lowest BCUT2D eigenvalue weighted by Gasteiger charge is -2.50. The fourth-order valence-electron chi connectivity index (χ4n) is 3.27. The second-order valence-corrected chi connectivity index (χ2v) is 6.54. The van der Waals surface area contributed by atoms with E-state index >= 15 is 0 Å². The summed E-state index contributed by atoms with van der Waals surface area (Å²) in [5.41, 5.74) is 6.66. The molecule has 2 aliphatic rings. The van der Waals surface area contributed by atoms with Gasteiger partial charge in [0.05, 0.1) is 0 Å². The van der Waals surface area contributed by atoms with Crippen molar-refractivity contribution in [3.05, 3.63) is 0 Å². The SMILES string of the molecule is CC1(C)CCCCC1(CN)NCCC1CC1. The third-order valence-electron chi connectivity index (χ3n) is 5.01. The molecule has 0 amide bonds. The monoisotopic (exact) mass is 224 g/mol. The number of rotatable bonds is 5. The second-order valence-electron chi connectivity index (χ2n) is 6.54. The van der Waals surface area contributed by atoms with E-state index < -0.39 is 0 Å². The van der Waals surface area contributed by atoms with Crippen molar-refractivity contribution in [1.82, 2.24) is 5.32 Å². The average molecular weight is 224 g/mol. The van der Waals surface area contributed by atoms with Crippen LogP contribution in [0, 0.1) is 11.3 Å². The molecule has 1 atom stereocenters. The van der Waals surface area contributed by atoms with E-state index in [1.807, 2.05) is 0 Å². The van der Waals surface area contributed by atoms with Crippen molar-refractivity contribution in [2.24, 2.45) is 17.1 Å². The van der Waals surface area contributed by atoms with Gasteiger partial charge in [0.15, 0.2) is 0 Å². The van der Waals surface area contributed by atoms with Crippen LogP contribution in [0.15, 0.2) is 0 Å². The van der Waals surface area contributed by atoms with E-state index in [0.29, 0.717) is 5.41 Å². The third kappa shape index (κ3) is 2.43. The first-order chi connectivity index (χ1) is 7.60. The van der Waals surface area contributed by atoms with Gasteiger partial charge in [-0.2, -0.15) is 0 Å². The van der Waals surface area contributed by atoms with E-state index in [-0.39, 0.29) is 5.54 Å². The summed E-state index contributed by atoms with van der Waals surface area (Å²) in [7, 11) is 0. The fraction of sp³-hybridized carbons (Fsp3) is 1.00. The van der Waals surface area contributed by atoms with Crippen molar-refractivity contribution in [3.8, 4) is 0 Å². The van der Waals surface area contributed by atoms with Gasteiger partial charge in [0.25, 0.3) is 0 Å². The minimum Gasteiger partial charge on any atom is -0.329 e. The molecule has 0 aromatic heterocycles. The van der Waals surface area contributed by atoms with Gasteiger partial charge in [0.1, 0.15) is 0 Å². The lowest BCUT2D eigenvalue weighted by molar-refractivity contribution is 0.0687. The molecular weight excluding hydrogens is 196 g/mol. The normalized spacial score (nSPS) is 33.9. The minimum absolute atomic E-state index is 0.208. The number of nitrogens with one attached hydrogen (secondary N) is 1. The maximum Gasteiger partial charge on any atom is 0.0355 e. The van der Waals surface area contributed by atoms with Crippen LogP contribution in [0.5, 0.6) is 0 Å². The van der Waals surface area contributed by atoms with Gasteiger partial charge in [0.2, 0.25) is 0 Å². The molecule has 0 bridgehead atoms. The molecule has 2 rings (SSSR count). The molecule has 2 nitrogen and oxygen atoms in total. The largest absolute Gasteiger partial charge is 0.329 e. The van der Waals surface area contributed by atoms with E-state index in [4.69, 9.17) is 5.73 Å². The van der Waals surface area contributed by atoms with E-state index in [2.05, 4.69) is 19.2 Å². The highest BCUT2D eigenvalue weighted by atomic mass is 15.0. The Balaban J connectivity index is 1.91. The van der Waals surface area contributed by atoms with E-state index in [1.165, 1.54) is 51.5 Å². The number of hydrogen-bond donors (Lipinski definition) is 2. The molecular formula is C14H28N2. The smallest absolute Gasteiger partial charge is 0.0355 e. The molecule has 0 spiro atoms. The van der Waals surface area contributed by atoms with Gasteiger partial charge < -0.3 is 11.1 Å². The average Bonchev–Trinajstić information content (AvgIpc) is 3.04. The first-order valence-corrected chi connectivity index (χ1v) is 7.05. The highest BCUT2D eigenvalue weighted by Gasteiger charge is 2.45. The Hall–Kier alpha value is -0.0800. The summed E-state index contributed by atoms with van der Waals surface area (Å²) in [6.07, 6.45) is 9.58. The van der Waals surface area contributed by atoms with Gasteiger partial charge in [-0.05, 0) is 37.1 Å². The molecule has 1 unspecified atom stereocenters. The predicted octanol–water partition coefficient (Wildman–Crippen LogP) is 2.67. The topological polar surface area (TPSA) is 38.0 Å². The molecule has 3 N–H and O–H groups in total. The fourth-order valence-corrected chi connectivity index (χ4v) is 3.27. The molecule has 0 aromatic carbocycles. The van der Waals surface area contributed by atoms with E-state index in [9.17, 15) is 0 Å². The highest BCUT2D eigenvalue weighted by molar-refractivity contribution is 5.03. The molecule has 0 aliphatic heterocycles. The molecule has 0 heterocycles. The summed E-state index contributed by atoms with van der Waals surface area (Å²) in [5.74, 6) is 1.02. The Morgan fingerprint density at radius 2 is 1.88 bits per heavy atom. The highest BCUT2D eigenvalue weighted by Crippen LogP contribution is 2.43. The first-order valence-electron chi connectivity index (χ1n) is 7.05. The predicted molar refractivity (Wildman–Crippen MR) is 69.4 cm³/mol. The maximum atomic E-state index is 6.08. The van der Waals surface area contributed by atoms with Gasteiger partial charge in [-0.25, -0.2) is 0 Å². The quantitative estimate of drug-likeness (QED) is 0.753. The van der Waals surface area contributed by atoms with Crippen LogP contribution in [0.1, 0.15) is 58.8 Å². The molecule has 16 heavy (non-hydrogen) atoms. The van der Waals surface area contributed by atoms with Gasteiger partial charge in [-0.15, -0.1) is 0 Å². The van der Waals surface area contributed by atoms with Gasteiger partial charge >= 0.3 is 0 Å². The number of nitrogens with two attached hydrogens (primary N) is 1. The van der Waals surface area contributed by atoms with Gasteiger partial charge in [-0.3, -0.25) is 0 Å². The van der Waals surface area contributed by atoms with Crippen molar-refractivity contribution < 1.29 is 0 Å². The lowest BCUT2D eigenvalue weighted by Crippen LogP contribution is -2.62. The van der Waals surface area contributed by atoms with Gasteiger partial charge in [-0.1, -0.05) is 39.5 Å². The molecule has 94 valence electrons. The van der Waals surface area contributed by atoms with Crippen molar-refractivity contribution in [1.29, 1.82) is 0 Å². The van der Waals surface area contributed by atoms with Crippen LogP contribution in [-0.2, 0) is 0 Å². The van der Waals surface area contributed by atoms with Crippen molar-refractivity contribution in [3.63, 3.8) is 0 Å². The van der Waals surface area contributed by atoms with Crippen LogP contribution < -0.4 is 11.1 Å². The van der Waals surface area contributed by atoms with Crippen LogP contribution in [0.25, 0.3) is 0 Å². The molecule has 2 fully saturated rings. The standard InChI is InChI=1S/C14H28N2/c1-13(2)8-3-4-9-14(13,11-15)16-10-7-12-5-6-12/h12,16H,3-11,15H2,1-2H3. The Kier molecular flexibility index (Phi) is 3.60.